The summed E-state index contributed by atoms with van der Waals surface area (Å²) < 4.78 is 46.1. The quantitative estimate of drug-likeness (QED) is 0.422. The van der Waals surface area contributed by atoms with Crippen LogP contribution in [-0.4, -0.2) is 8.76 Å². The summed E-state index contributed by atoms with van der Waals surface area (Å²) in [5.74, 6) is -1.77. The smallest absolute Gasteiger partial charge is 0.768 e. The Morgan fingerprint density at radius 1 is 1.38 bits per heavy atom. The first-order valence-electron chi connectivity index (χ1n) is 3.08. The topological polar surface area (TPSA) is 40.1 Å². The van der Waals surface area contributed by atoms with Crippen molar-refractivity contribution in [2.75, 3.05) is 0 Å². The Morgan fingerprint density at radius 3 is 2.38 bits per heavy atom. The molecular weight excluding hydrogens is 209 g/mol. The summed E-state index contributed by atoms with van der Waals surface area (Å²) in [5.41, 5.74) is -0.281. The first-order chi connectivity index (χ1) is 5.54. The molecule has 0 bridgehead atoms. The van der Waals surface area contributed by atoms with Gasteiger partial charge in [0.05, 0.1) is 4.90 Å². The molecule has 1 aromatic carbocycles. The minimum atomic E-state index is -2.65. The maximum Gasteiger partial charge on any atom is 1.00 e. The third-order valence-electron chi connectivity index (χ3n) is 1.46. The summed E-state index contributed by atoms with van der Waals surface area (Å²) in [4.78, 5) is -0.506. The molecule has 1 rings (SSSR count). The monoisotopic (exact) mass is 214 g/mol. The molecule has 0 aliphatic heterocycles. The molecule has 6 heteroatoms. The molecule has 0 fully saturated rings. The van der Waals surface area contributed by atoms with Crippen LogP contribution in [0.2, 0.25) is 0 Å². The van der Waals surface area contributed by atoms with Crippen molar-refractivity contribution in [1.29, 1.82) is 0 Å². The Kier molecular flexibility index (Phi) is 5.24. The van der Waals surface area contributed by atoms with Crippen LogP contribution in [0.1, 0.15) is 5.56 Å². The van der Waals surface area contributed by atoms with Crippen LogP contribution in [0.3, 0.4) is 0 Å². The van der Waals surface area contributed by atoms with Gasteiger partial charge in [0.1, 0.15) is 11.6 Å². The van der Waals surface area contributed by atoms with E-state index in [0.29, 0.717) is 0 Å². The van der Waals surface area contributed by atoms with E-state index in [0.717, 1.165) is 12.1 Å². The van der Waals surface area contributed by atoms with Crippen molar-refractivity contribution in [1.82, 2.24) is 0 Å². The van der Waals surface area contributed by atoms with Gasteiger partial charge in [-0.15, -0.1) is 0 Å². The van der Waals surface area contributed by atoms with Crippen molar-refractivity contribution in [3.8, 4) is 0 Å². The summed E-state index contributed by atoms with van der Waals surface area (Å²) in [7, 11) is 0. The van der Waals surface area contributed by atoms with Crippen molar-refractivity contribution < 1.29 is 47.1 Å². The van der Waals surface area contributed by atoms with Gasteiger partial charge in [0.2, 0.25) is 0 Å². The van der Waals surface area contributed by atoms with E-state index in [2.05, 4.69) is 0 Å². The molecular formula is C7H5F2NaO2S. The molecule has 0 saturated carbocycles. The Hall–Kier alpha value is 0.190. The molecule has 1 atom stereocenters. The van der Waals surface area contributed by atoms with Crippen molar-refractivity contribution in [2.24, 2.45) is 0 Å². The van der Waals surface area contributed by atoms with Gasteiger partial charge in [-0.25, -0.2) is 8.78 Å². The number of halogens is 2. The normalized spacial score (nSPS) is 12.0. The van der Waals surface area contributed by atoms with E-state index in [4.69, 9.17) is 0 Å². The second kappa shape index (κ2) is 5.17. The van der Waals surface area contributed by atoms with Crippen LogP contribution >= 0.6 is 0 Å². The standard InChI is InChI=1S/C7H6F2O2S.Na/c1-4-5(8)2-3-6(7(4)9)12(10)11;/h2-3H,1H3,(H,10,11);/q;+1/p-1. The van der Waals surface area contributed by atoms with Crippen LogP contribution < -0.4 is 29.6 Å². The summed E-state index contributed by atoms with van der Waals surface area (Å²) in [6.07, 6.45) is 0. The Morgan fingerprint density at radius 2 is 1.92 bits per heavy atom. The van der Waals surface area contributed by atoms with Crippen LogP contribution in [0.15, 0.2) is 17.0 Å². The van der Waals surface area contributed by atoms with Crippen LogP contribution in [-0.2, 0) is 11.1 Å². The minimum absolute atomic E-state index is 0. The zero-order valence-electron chi connectivity index (χ0n) is 7.14. The van der Waals surface area contributed by atoms with Gasteiger partial charge in [-0.1, -0.05) is 0 Å². The van der Waals surface area contributed by atoms with Crippen molar-refractivity contribution in [3.05, 3.63) is 29.3 Å². The molecule has 0 N–H and O–H groups in total. The summed E-state index contributed by atoms with van der Waals surface area (Å²) in [5, 5.41) is 0. The fourth-order valence-corrected chi connectivity index (χ4v) is 1.24. The van der Waals surface area contributed by atoms with E-state index in [-0.39, 0.29) is 35.1 Å². The first-order valence-corrected chi connectivity index (χ1v) is 4.15. The molecule has 2 nitrogen and oxygen atoms in total. The fraction of sp³-hybridized carbons (Fsp3) is 0.143. The fourth-order valence-electron chi connectivity index (χ4n) is 0.765. The van der Waals surface area contributed by atoms with Crippen LogP contribution in [0.25, 0.3) is 0 Å². The second-order valence-corrected chi connectivity index (χ2v) is 3.13. The molecule has 0 spiro atoms. The maximum absolute atomic E-state index is 12.9. The van der Waals surface area contributed by atoms with E-state index in [1.165, 1.54) is 6.92 Å². The van der Waals surface area contributed by atoms with E-state index >= 15 is 0 Å². The minimum Gasteiger partial charge on any atom is -0.768 e. The average Bonchev–Trinajstić information content (AvgIpc) is 2.00. The third-order valence-corrected chi connectivity index (χ3v) is 2.14. The van der Waals surface area contributed by atoms with E-state index in [1.54, 1.807) is 0 Å². The van der Waals surface area contributed by atoms with Gasteiger partial charge in [0, 0.05) is 5.56 Å². The number of hydrogen-bond donors (Lipinski definition) is 0. The van der Waals surface area contributed by atoms with Gasteiger partial charge < -0.3 is 4.55 Å². The molecule has 0 aliphatic carbocycles. The van der Waals surface area contributed by atoms with Crippen LogP contribution in [0.4, 0.5) is 8.78 Å². The molecule has 0 aliphatic rings. The number of benzene rings is 1. The third kappa shape index (κ3) is 2.82. The number of hydrogen-bond acceptors (Lipinski definition) is 2. The van der Waals surface area contributed by atoms with Gasteiger partial charge in [-0.3, -0.25) is 4.21 Å². The molecule has 1 aromatic rings. The van der Waals surface area contributed by atoms with Gasteiger partial charge >= 0.3 is 29.6 Å². The molecule has 13 heavy (non-hydrogen) atoms. The molecule has 1 unspecified atom stereocenters. The first kappa shape index (κ1) is 13.2. The van der Waals surface area contributed by atoms with Crippen LogP contribution in [0.5, 0.6) is 0 Å². The van der Waals surface area contributed by atoms with E-state index in [1.807, 2.05) is 0 Å². The largest absolute Gasteiger partial charge is 1.00 e. The van der Waals surface area contributed by atoms with Crippen molar-refractivity contribution in [2.45, 2.75) is 11.8 Å². The summed E-state index contributed by atoms with van der Waals surface area (Å²) in [6, 6.07) is 1.81. The Labute approximate surface area is 98.9 Å². The second-order valence-electron chi connectivity index (χ2n) is 2.22. The van der Waals surface area contributed by atoms with E-state index < -0.39 is 27.6 Å². The zero-order chi connectivity index (χ0) is 9.30. The molecule has 0 aromatic heterocycles. The Bertz CT molecular complexity index is 344. The van der Waals surface area contributed by atoms with Crippen molar-refractivity contribution in [3.63, 3.8) is 0 Å². The average molecular weight is 214 g/mol. The van der Waals surface area contributed by atoms with E-state index in [9.17, 15) is 17.5 Å². The predicted octanol–water partition coefficient (Wildman–Crippen LogP) is -1.48. The summed E-state index contributed by atoms with van der Waals surface area (Å²) in [6.45, 7) is 1.18. The molecule has 0 saturated heterocycles. The van der Waals surface area contributed by atoms with Crippen molar-refractivity contribution >= 4 is 11.1 Å². The van der Waals surface area contributed by atoms with Crippen LogP contribution in [0, 0.1) is 18.6 Å². The maximum atomic E-state index is 12.9. The number of rotatable bonds is 1. The van der Waals surface area contributed by atoms with Gasteiger partial charge in [-0.2, -0.15) is 0 Å². The van der Waals surface area contributed by atoms with Gasteiger partial charge in [0.15, 0.2) is 0 Å². The Balaban J connectivity index is 0.00000144. The zero-order valence-corrected chi connectivity index (χ0v) is 9.95. The summed E-state index contributed by atoms with van der Waals surface area (Å²) >= 11 is -2.65. The predicted molar refractivity (Wildman–Crippen MR) is 38.3 cm³/mol. The molecule has 0 heterocycles. The van der Waals surface area contributed by atoms with Gasteiger partial charge in [-0.05, 0) is 30.1 Å². The molecule has 0 amide bonds. The molecule has 66 valence electrons. The SMILES string of the molecule is Cc1c(F)ccc(S(=O)[O-])c1F.[Na+]. The molecule has 0 radical (unpaired) electrons. The van der Waals surface area contributed by atoms with Gasteiger partial charge in [0.25, 0.3) is 0 Å².